The summed E-state index contributed by atoms with van der Waals surface area (Å²) in [5.74, 6) is -0.639. The molecule has 0 saturated carbocycles. The van der Waals surface area contributed by atoms with Crippen LogP contribution in [-0.4, -0.2) is 44.5 Å². The van der Waals surface area contributed by atoms with Gasteiger partial charge in [0, 0.05) is 20.3 Å². The van der Waals surface area contributed by atoms with Crippen molar-refractivity contribution in [3.05, 3.63) is 24.0 Å². The Morgan fingerprint density at radius 3 is 2.25 bits per heavy atom. The van der Waals surface area contributed by atoms with Crippen LogP contribution in [0.25, 0.3) is 0 Å². The smallest absolute Gasteiger partial charge is 0.434 e. The SMILES string of the molecule is COC1=CC(OC)(OC)C=C/C1=N\C(=O)OC(C)(C)C. The summed E-state index contributed by atoms with van der Waals surface area (Å²) in [5, 5.41) is 0. The fourth-order valence-electron chi connectivity index (χ4n) is 1.56. The van der Waals surface area contributed by atoms with Crippen LogP contribution in [0.15, 0.2) is 29.0 Å². The fraction of sp³-hybridized carbons (Fsp3) is 0.571. The first-order valence-electron chi connectivity index (χ1n) is 6.13. The van der Waals surface area contributed by atoms with Crippen molar-refractivity contribution in [3.63, 3.8) is 0 Å². The van der Waals surface area contributed by atoms with Gasteiger partial charge in [-0.2, -0.15) is 4.99 Å². The number of aliphatic imine (C=N–C) groups is 1. The van der Waals surface area contributed by atoms with Crippen LogP contribution < -0.4 is 0 Å². The first kappa shape index (κ1) is 16.4. The number of hydrogen-bond acceptors (Lipinski definition) is 5. The average molecular weight is 283 g/mol. The predicted octanol–water partition coefficient (Wildman–Crippen LogP) is 2.45. The molecule has 112 valence electrons. The first-order chi connectivity index (χ1) is 9.25. The molecule has 0 aliphatic heterocycles. The molecule has 1 amide bonds. The van der Waals surface area contributed by atoms with E-state index in [0.717, 1.165) is 0 Å². The van der Waals surface area contributed by atoms with Crippen LogP contribution in [0.1, 0.15) is 20.8 Å². The molecule has 1 aliphatic rings. The second kappa shape index (κ2) is 6.19. The van der Waals surface area contributed by atoms with Gasteiger partial charge in [0.2, 0.25) is 5.79 Å². The molecule has 1 rings (SSSR count). The Hall–Kier alpha value is -1.66. The minimum atomic E-state index is -1.02. The maximum absolute atomic E-state index is 11.7. The molecule has 0 aromatic heterocycles. The summed E-state index contributed by atoms with van der Waals surface area (Å²) in [6.45, 7) is 5.32. The highest BCUT2D eigenvalue weighted by molar-refractivity contribution is 6.11. The number of ether oxygens (including phenoxy) is 4. The van der Waals surface area contributed by atoms with Crippen molar-refractivity contribution in [1.29, 1.82) is 0 Å². The molecule has 0 bridgehead atoms. The molecule has 0 fully saturated rings. The average Bonchev–Trinajstić information content (AvgIpc) is 2.37. The van der Waals surface area contributed by atoms with E-state index < -0.39 is 17.5 Å². The quantitative estimate of drug-likeness (QED) is 0.744. The Balaban J connectivity index is 2.99. The summed E-state index contributed by atoms with van der Waals surface area (Å²) in [6, 6.07) is 0. The molecule has 0 radical (unpaired) electrons. The van der Waals surface area contributed by atoms with Crippen LogP contribution in [-0.2, 0) is 18.9 Å². The lowest BCUT2D eigenvalue weighted by Gasteiger charge is -2.27. The molecule has 0 heterocycles. The van der Waals surface area contributed by atoms with E-state index in [1.807, 2.05) is 0 Å². The number of carbonyl (C=O) groups excluding carboxylic acids is 1. The van der Waals surface area contributed by atoms with E-state index in [1.165, 1.54) is 21.3 Å². The third kappa shape index (κ3) is 4.18. The number of rotatable bonds is 3. The van der Waals surface area contributed by atoms with Gasteiger partial charge in [0.15, 0.2) is 0 Å². The Morgan fingerprint density at radius 2 is 1.80 bits per heavy atom. The van der Waals surface area contributed by atoms with Crippen LogP contribution in [0, 0.1) is 0 Å². The maximum Gasteiger partial charge on any atom is 0.434 e. The zero-order valence-corrected chi connectivity index (χ0v) is 12.7. The van der Waals surface area contributed by atoms with Crippen LogP contribution in [0.2, 0.25) is 0 Å². The highest BCUT2D eigenvalue weighted by Crippen LogP contribution is 2.24. The lowest BCUT2D eigenvalue weighted by atomic mass is 10.1. The number of methoxy groups -OCH3 is 3. The van der Waals surface area contributed by atoms with Gasteiger partial charge in [0.05, 0.1) is 7.11 Å². The number of allylic oxidation sites excluding steroid dienone is 1. The van der Waals surface area contributed by atoms with Gasteiger partial charge in [-0.25, -0.2) is 4.79 Å². The van der Waals surface area contributed by atoms with Crippen molar-refractivity contribution >= 4 is 11.8 Å². The minimum absolute atomic E-state index is 0.353. The van der Waals surface area contributed by atoms with Crippen LogP contribution in [0.5, 0.6) is 0 Å². The molecule has 0 N–H and O–H groups in total. The third-order valence-electron chi connectivity index (χ3n) is 2.52. The number of carbonyl (C=O) groups is 1. The van der Waals surface area contributed by atoms with Crippen molar-refractivity contribution < 1.29 is 23.7 Å². The molecule has 0 aromatic carbocycles. The van der Waals surface area contributed by atoms with Crippen molar-refractivity contribution in [2.45, 2.75) is 32.2 Å². The molecule has 6 nitrogen and oxygen atoms in total. The first-order valence-corrected chi connectivity index (χ1v) is 6.13. The molecule has 1 aliphatic carbocycles. The summed E-state index contributed by atoms with van der Waals surface area (Å²) in [5.41, 5.74) is -0.245. The molecular formula is C14H21NO5. The standard InChI is InChI=1S/C14H21NO5/c1-13(2,3)20-12(16)15-10-7-8-14(18-5,19-6)9-11(10)17-4/h7-9H,1-6H3/b15-10+. The van der Waals surface area contributed by atoms with E-state index in [4.69, 9.17) is 18.9 Å². The normalized spacial score (nSPS) is 19.7. The highest BCUT2D eigenvalue weighted by Gasteiger charge is 2.30. The zero-order valence-electron chi connectivity index (χ0n) is 12.7. The number of amides is 1. The monoisotopic (exact) mass is 283 g/mol. The summed E-state index contributed by atoms with van der Waals surface area (Å²) in [7, 11) is 4.49. The third-order valence-corrected chi connectivity index (χ3v) is 2.52. The summed E-state index contributed by atoms with van der Waals surface area (Å²) in [4.78, 5) is 15.6. The van der Waals surface area contributed by atoms with Crippen molar-refractivity contribution in [3.8, 4) is 0 Å². The second-order valence-corrected chi connectivity index (χ2v) is 5.15. The number of hydrogen-bond donors (Lipinski definition) is 0. The molecule has 0 unspecified atom stereocenters. The van der Waals surface area contributed by atoms with Crippen LogP contribution >= 0.6 is 0 Å². The van der Waals surface area contributed by atoms with Gasteiger partial charge >= 0.3 is 6.09 Å². The minimum Gasteiger partial charge on any atom is -0.495 e. The van der Waals surface area contributed by atoms with Gasteiger partial charge in [0.1, 0.15) is 17.1 Å². The Labute approximate surface area is 119 Å². The molecular weight excluding hydrogens is 262 g/mol. The van der Waals surface area contributed by atoms with Gasteiger partial charge in [-0.05, 0) is 32.9 Å². The van der Waals surface area contributed by atoms with E-state index in [2.05, 4.69) is 4.99 Å². The molecule has 0 aromatic rings. The Kier molecular flexibility index (Phi) is 5.08. The van der Waals surface area contributed by atoms with E-state index in [1.54, 1.807) is 39.0 Å². The van der Waals surface area contributed by atoms with Gasteiger partial charge in [0.25, 0.3) is 0 Å². The molecule has 0 atom stereocenters. The van der Waals surface area contributed by atoms with E-state index in [0.29, 0.717) is 11.5 Å². The van der Waals surface area contributed by atoms with E-state index in [-0.39, 0.29) is 0 Å². The van der Waals surface area contributed by atoms with E-state index in [9.17, 15) is 4.79 Å². The summed E-state index contributed by atoms with van der Waals surface area (Å²) in [6.07, 6.45) is 4.15. The molecule has 0 saturated heterocycles. The summed E-state index contributed by atoms with van der Waals surface area (Å²) < 4.78 is 20.9. The largest absolute Gasteiger partial charge is 0.495 e. The lowest BCUT2D eigenvalue weighted by Crippen LogP contribution is -2.33. The lowest BCUT2D eigenvalue weighted by molar-refractivity contribution is -0.134. The van der Waals surface area contributed by atoms with Gasteiger partial charge in [-0.15, -0.1) is 0 Å². The van der Waals surface area contributed by atoms with Crippen LogP contribution in [0.4, 0.5) is 4.79 Å². The van der Waals surface area contributed by atoms with Crippen molar-refractivity contribution in [2.24, 2.45) is 4.99 Å². The predicted molar refractivity (Wildman–Crippen MR) is 74.7 cm³/mol. The Morgan fingerprint density at radius 1 is 1.20 bits per heavy atom. The highest BCUT2D eigenvalue weighted by atomic mass is 16.7. The van der Waals surface area contributed by atoms with E-state index >= 15 is 0 Å². The maximum atomic E-state index is 11.7. The summed E-state index contributed by atoms with van der Waals surface area (Å²) >= 11 is 0. The number of nitrogens with zero attached hydrogens (tertiary/aromatic N) is 1. The van der Waals surface area contributed by atoms with Crippen LogP contribution in [0.3, 0.4) is 0 Å². The molecule has 20 heavy (non-hydrogen) atoms. The van der Waals surface area contributed by atoms with Crippen molar-refractivity contribution in [1.82, 2.24) is 0 Å². The molecule has 0 spiro atoms. The topological polar surface area (TPSA) is 66.3 Å². The van der Waals surface area contributed by atoms with Gasteiger partial charge < -0.3 is 18.9 Å². The molecule has 6 heteroatoms. The van der Waals surface area contributed by atoms with Crippen molar-refractivity contribution in [2.75, 3.05) is 21.3 Å². The fourth-order valence-corrected chi connectivity index (χ4v) is 1.56. The second-order valence-electron chi connectivity index (χ2n) is 5.15. The Bertz CT molecular complexity index is 453. The van der Waals surface area contributed by atoms with Gasteiger partial charge in [-0.3, -0.25) is 0 Å². The van der Waals surface area contributed by atoms with Gasteiger partial charge in [-0.1, -0.05) is 0 Å². The zero-order chi connectivity index (χ0) is 15.4.